The van der Waals surface area contributed by atoms with E-state index in [0.29, 0.717) is 17.2 Å². The van der Waals surface area contributed by atoms with Crippen LogP contribution in [0.15, 0.2) is 23.2 Å². The number of hydrogen-bond donors (Lipinski definition) is 2. The largest absolute Gasteiger partial charge is 0.385 e. The first-order valence-electron chi connectivity index (χ1n) is 7.07. The Bertz CT molecular complexity index is 495. The summed E-state index contributed by atoms with van der Waals surface area (Å²) in [5.41, 5.74) is 0.603. The maximum absolute atomic E-state index is 13.8. The summed E-state index contributed by atoms with van der Waals surface area (Å²) < 4.78 is 18.8. The van der Waals surface area contributed by atoms with Gasteiger partial charge in [-0.2, -0.15) is 0 Å². The maximum atomic E-state index is 13.8. The number of halogens is 3. The second-order valence-electron chi connectivity index (χ2n) is 5.07. The van der Waals surface area contributed by atoms with Crippen LogP contribution in [0.1, 0.15) is 24.3 Å². The van der Waals surface area contributed by atoms with Crippen LogP contribution in [0.2, 0.25) is 5.02 Å². The normalized spacial score (nSPS) is 20.3. The maximum Gasteiger partial charge on any atom is 0.191 e. The average Bonchev–Trinajstić information content (AvgIpc) is 3.21. The fourth-order valence-electron chi connectivity index (χ4n) is 2.33. The topological polar surface area (TPSA) is 45.7 Å². The standard InChI is InChI=1S/C15H21ClFN3O.HI/c1-18-15(19-7-4-8-21-2)20-13-9-10(13)14-11(16)5-3-6-12(14)17;/h3,5-6,10,13H,4,7-9H2,1-2H3,(H2,18,19,20);1H. The Morgan fingerprint density at radius 2 is 2.27 bits per heavy atom. The fraction of sp³-hybridized carbons (Fsp3) is 0.533. The van der Waals surface area contributed by atoms with E-state index in [1.54, 1.807) is 26.3 Å². The third-order valence-electron chi connectivity index (χ3n) is 3.52. The van der Waals surface area contributed by atoms with Gasteiger partial charge < -0.3 is 15.4 Å². The van der Waals surface area contributed by atoms with Crippen molar-refractivity contribution in [2.45, 2.75) is 24.8 Å². The molecular weight excluding hydrogens is 420 g/mol. The lowest BCUT2D eigenvalue weighted by Gasteiger charge is -2.12. The van der Waals surface area contributed by atoms with E-state index in [4.69, 9.17) is 16.3 Å². The lowest BCUT2D eigenvalue weighted by Crippen LogP contribution is -2.39. The Morgan fingerprint density at radius 3 is 2.91 bits per heavy atom. The summed E-state index contributed by atoms with van der Waals surface area (Å²) in [7, 11) is 3.40. The van der Waals surface area contributed by atoms with Gasteiger partial charge in [0.05, 0.1) is 0 Å². The molecule has 0 aromatic heterocycles. The summed E-state index contributed by atoms with van der Waals surface area (Å²) in [5.74, 6) is 0.599. The zero-order valence-corrected chi connectivity index (χ0v) is 15.8. The van der Waals surface area contributed by atoms with Gasteiger partial charge in [0.25, 0.3) is 0 Å². The molecule has 0 saturated heterocycles. The quantitative estimate of drug-likeness (QED) is 0.309. The van der Waals surface area contributed by atoms with Crippen LogP contribution in [0, 0.1) is 5.82 Å². The van der Waals surface area contributed by atoms with Crippen LogP contribution in [0.25, 0.3) is 0 Å². The van der Waals surface area contributed by atoms with E-state index >= 15 is 0 Å². The van der Waals surface area contributed by atoms with E-state index in [-0.39, 0.29) is 41.8 Å². The van der Waals surface area contributed by atoms with Gasteiger partial charge in [-0.1, -0.05) is 17.7 Å². The van der Waals surface area contributed by atoms with Crippen molar-refractivity contribution in [1.29, 1.82) is 0 Å². The summed E-state index contributed by atoms with van der Waals surface area (Å²) >= 11 is 6.09. The highest BCUT2D eigenvalue weighted by molar-refractivity contribution is 14.0. The number of aliphatic imine (C=N–C) groups is 1. The molecule has 0 radical (unpaired) electrons. The molecule has 1 saturated carbocycles. The van der Waals surface area contributed by atoms with Crippen LogP contribution in [-0.2, 0) is 4.74 Å². The summed E-state index contributed by atoms with van der Waals surface area (Å²) in [6, 6.07) is 4.98. The monoisotopic (exact) mass is 441 g/mol. The highest BCUT2D eigenvalue weighted by Crippen LogP contribution is 2.44. The molecule has 2 N–H and O–H groups in total. The van der Waals surface area contributed by atoms with Crippen molar-refractivity contribution in [3.05, 3.63) is 34.6 Å². The Balaban J connectivity index is 0.00000242. The van der Waals surface area contributed by atoms with Gasteiger partial charge in [-0.25, -0.2) is 4.39 Å². The van der Waals surface area contributed by atoms with Gasteiger partial charge in [0.2, 0.25) is 0 Å². The first-order valence-corrected chi connectivity index (χ1v) is 7.45. The Labute approximate surface area is 152 Å². The number of methoxy groups -OCH3 is 1. The lowest BCUT2D eigenvalue weighted by atomic mass is 10.1. The third kappa shape index (κ3) is 5.24. The van der Waals surface area contributed by atoms with Crippen molar-refractivity contribution in [2.75, 3.05) is 27.3 Å². The molecule has 0 aliphatic heterocycles. The molecule has 124 valence electrons. The Kier molecular flexibility index (Phi) is 8.41. The van der Waals surface area contributed by atoms with E-state index in [2.05, 4.69) is 15.6 Å². The lowest BCUT2D eigenvalue weighted by molar-refractivity contribution is 0.195. The zero-order chi connectivity index (χ0) is 15.2. The Morgan fingerprint density at radius 1 is 1.50 bits per heavy atom. The highest BCUT2D eigenvalue weighted by Gasteiger charge is 2.41. The van der Waals surface area contributed by atoms with Gasteiger partial charge in [0, 0.05) is 49.9 Å². The minimum Gasteiger partial charge on any atom is -0.385 e. The molecule has 0 bridgehead atoms. The molecule has 2 unspecified atom stereocenters. The van der Waals surface area contributed by atoms with Crippen LogP contribution in [-0.4, -0.2) is 39.3 Å². The molecule has 2 atom stereocenters. The van der Waals surface area contributed by atoms with E-state index in [9.17, 15) is 4.39 Å². The van der Waals surface area contributed by atoms with Crippen molar-refractivity contribution >= 4 is 41.5 Å². The number of guanidine groups is 1. The van der Waals surface area contributed by atoms with E-state index < -0.39 is 0 Å². The van der Waals surface area contributed by atoms with Crippen LogP contribution < -0.4 is 10.6 Å². The first kappa shape index (κ1) is 19.4. The molecule has 0 spiro atoms. The molecule has 1 fully saturated rings. The molecular formula is C15H22ClFIN3O. The molecule has 22 heavy (non-hydrogen) atoms. The number of nitrogens with one attached hydrogen (secondary N) is 2. The van der Waals surface area contributed by atoms with Crippen LogP contribution >= 0.6 is 35.6 Å². The van der Waals surface area contributed by atoms with Crippen LogP contribution in [0.4, 0.5) is 4.39 Å². The van der Waals surface area contributed by atoms with Crippen molar-refractivity contribution in [3.63, 3.8) is 0 Å². The smallest absolute Gasteiger partial charge is 0.191 e. The number of rotatable bonds is 6. The van der Waals surface area contributed by atoms with E-state index in [0.717, 1.165) is 25.3 Å². The average molecular weight is 442 g/mol. The summed E-state index contributed by atoms with van der Waals surface area (Å²) in [6.45, 7) is 1.49. The van der Waals surface area contributed by atoms with Crippen LogP contribution in [0.5, 0.6) is 0 Å². The fourth-order valence-corrected chi connectivity index (χ4v) is 2.64. The molecule has 4 nitrogen and oxygen atoms in total. The van der Waals surface area contributed by atoms with E-state index in [1.807, 2.05) is 0 Å². The second-order valence-corrected chi connectivity index (χ2v) is 5.48. The van der Waals surface area contributed by atoms with Gasteiger partial charge in [0.1, 0.15) is 5.82 Å². The van der Waals surface area contributed by atoms with E-state index in [1.165, 1.54) is 6.07 Å². The number of ether oxygens (including phenoxy) is 1. The molecule has 7 heteroatoms. The minimum absolute atomic E-state index is 0. The summed E-state index contributed by atoms with van der Waals surface area (Å²) in [4.78, 5) is 4.17. The predicted octanol–water partition coefficient (Wildman–Crippen LogP) is 3.15. The molecule has 1 aliphatic rings. The van der Waals surface area contributed by atoms with Gasteiger partial charge in [0.15, 0.2) is 5.96 Å². The highest BCUT2D eigenvalue weighted by atomic mass is 127. The molecule has 1 aromatic carbocycles. The van der Waals surface area contributed by atoms with Crippen molar-refractivity contribution in [2.24, 2.45) is 4.99 Å². The van der Waals surface area contributed by atoms with Crippen LogP contribution in [0.3, 0.4) is 0 Å². The third-order valence-corrected chi connectivity index (χ3v) is 3.85. The van der Waals surface area contributed by atoms with Crippen molar-refractivity contribution in [1.82, 2.24) is 10.6 Å². The molecule has 2 rings (SSSR count). The SMILES string of the molecule is CN=C(NCCCOC)NC1CC1c1c(F)cccc1Cl.I. The zero-order valence-electron chi connectivity index (χ0n) is 12.7. The molecule has 1 aromatic rings. The molecule has 1 aliphatic carbocycles. The minimum atomic E-state index is -0.236. The summed E-state index contributed by atoms with van der Waals surface area (Å²) in [6.07, 6.45) is 1.77. The number of nitrogens with zero attached hydrogens (tertiary/aromatic N) is 1. The molecule has 0 amide bonds. The number of hydrogen-bond acceptors (Lipinski definition) is 2. The second kappa shape index (κ2) is 9.52. The number of benzene rings is 1. The van der Waals surface area contributed by atoms with Crippen molar-refractivity contribution < 1.29 is 9.13 Å². The van der Waals surface area contributed by atoms with Gasteiger partial charge in [-0.15, -0.1) is 24.0 Å². The van der Waals surface area contributed by atoms with Gasteiger partial charge >= 0.3 is 0 Å². The van der Waals surface area contributed by atoms with Crippen molar-refractivity contribution in [3.8, 4) is 0 Å². The molecule has 0 heterocycles. The van der Waals surface area contributed by atoms with Gasteiger partial charge in [-0.05, 0) is 25.0 Å². The Hall–Kier alpha value is -0.600. The first-order chi connectivity index (χ1) is 10.2. The summed E-state index contributed by atoms with van der Waals surface area (Å²) in [5, 5.41) is 7.00. The predicted molar refractivity (Wildman–Crippen MR) is 99.0 cm³/mol. The van der Waals surface area contributed by atoms with Gasteiger partial charge in [-0.3, -0.25) is 4.99 Å².